The standard InChI is InChI=1S/C17H17NO3/c1-11-3-5-13(6-4-11)12(2)18-17(19)14-7-8-15-16(9-14)21-10-20-15/h3-9,12H,10H2,1-2H3,(H,18,19). The van der Waals surface area contributed by atoms with Gasteiger partial charge in [-0.05, 0) is 37.6 Å². The van der Waals surface area contributed by atoms with Gasteiger partial charge in [-0.25, -0.2) is 0 Å². The molecule has 1 N–H and O–H groups in total. The van der Waals surface area contributed by atoms with Crippen LogP contribution in [0.15, 0.2) is 42.5 Å². The number of nitrogens with one attached hydrogen (secondary N) is 1. The van der Waals surface area contributed by atoms with Gasteiger partial charge in [-0.1, -0.05) is 29.8 Å². The van der Waals surface area contributed by atoms with Gasteiger partial charge in [-0.2, -0.15) is 0 Å². The molecule has 1 amide bonds. The highest BCUT2D eigenvalue weighted by Crippen LogP contribution is 2.32. The fourth-order valence-corrected chi connectivity index (χ4v) is 2.26. The Hall–Kier alpha value is -2.49. The van der Waals surface area contributed by atoms with Gasteiger partial charge >= 0.3 is 0 Å². The summed E-state index contributed by atoms with van der Waals surface area (Å²) in [5.74, 6) is 1.17. The van der Waals surface area contributed by atoms with Gasteiger partial charge in [-0.3, -0.25) is 4.79 Å². The minimum absolute atomic E-state index is 0.0523. The number of aryl methyl sites for hydroxylation is 1. The quantitative estimate of drug-likeness (QED) is 0.941. The minimum atomic E-state index is -0.124. The van der Waals surface area contributed by atoms with Crippen molar-refractivity contribution in [3.05, 3.63) is 59.2 Å². The summed E-state index contributed by atoms with van der Waals surface area (Å²) >= 11 is 0. The van der Waals surface area contributed by atoms with E-state index in [1.807, 2.05) is 38.1 Å². The normalized spacial score (nSPS) is 13.8. The van der Waals surface area contributed by atoms with Gasteiger partial charge in [0, 0.05) is 5.56 Å². The zero-order chi connectivity index (χ0) is 14.8. The Morgan fingerprint density at radius 1 is 1.10 bits per heavy atom. The number of hydrogen-bond acceptors (Lipinski definition) is 3. The van der Waals surface area contributed by atoms with E-state index in [0.29, 0.717) is 17.1 Å². The van der Waals surface area contributed by atoms with Gasteiger partial charge in [0.25, 0.3) is 5.91 Å². The molecule has 108 valence electrons. The van der Waals surface area contributed by atoms with Gasteiger partial charge in [0.1, 0.15) is 0 Å². The van der Waals surface area contributed by atoms with E-state index in [1.54, 1.807) is 18.2 Å². The van der Waals surface area contributed by atoms with Crippen LogP contribution in [-0.2, 0) is 0 Å². The number of fused-ring (bicyclic) bond motifs is 1. The smallest absolute Gasteiger partial charge is 0.251 e. The Labute approximate surface area is 123 Å². The van der Waals surface area contributed by atoms with Crippen LogP contribution < -0.4 is 14.8 Å². The summed E-state index contributed by atoms with van der Waals surface area (Å²) in [5.41, 5.74) is 2.85. The number of amides is 1. The average molecular weight is 283 g/mol. The zero-order valence-corrected chi connectivity index (χ0v) is 12.1. The van der Waals surface area contributed by atoms with Crippen LogP contribution in [0.1, 0.15) is 34.5 Å². The van der Waals surface area contributed by atoms with Crippen molar-refractivity contribution in [3.8, 4) is 11.5 Å². The van der Waals surface area contributed by atoms with Crippen molar-refractivity contribution >= 4 is 5.91 Å². The van der Waals surface area contributed by atoms with Crippen molar-refractivity contribution in [3.63, 3.8) is 0 Å². The van der Waals surface area contributed by atoms with Crippen molar-refractivity contribution in [1.82, 2.24) is 5.32 Å². The molecular weight excluding hydrogens is 266 g/mol. The third-order valence-corrected chi connectivity index (χ3v) is 3.56. The van der Waals surface area contributed by atoms with Crippen LogP contribution in [0.4, 0.5) is 0 Å². The largest absolute Gasteiger partial charge is 0.454 e. The highest BCUT2D eigenvalue weighted by atomic mass is 16.7. The molecule has 0 radical (unpaired) electrons. The molecule has 4 nitrogen and oxygen atoms in total. The third-order valence-electron chi connectivity index (χ3n) is 3.56. The van der Waals surface area contributed by atoms with Gasteiger partial charge in [0.15, 0.2) is 11.5 Å². The Bertz CT molecular complexity index is 664. The average Bonchev–Trinajstić information content (AvgIpc) is 2.95. The number of carbonyl (C=O) groups excluding carboxylic acids is 1. The van der Waals surface area contributed by atoms with E-state index < -0.39 is 0 Å². The molecule has 1 heterocycles. The Kier molecular flexibility index (Phi) is 3.52. The predicted octanol–water partition coefficient (Wildman–Crippen LogP) is 3.21. The molecule has 0 fully saturated rings. The zero-order valence-electron chi connectivity index (χ0n) is 12.1. The molecule has 2 aromatic rings. The number of carbonyl (C=O) groups is 1. The second kappa shape index (κ2) is 5.48. The Morgan fingerprint density at radius 3 is 2.57 bits per heavy atom. The topological polar surface area (TPSA) is 47.6 Å². The van der Waals surface area contributed by atoms with E-state index in [0.717, 1.165) is 5.56 Å². The maximum absolute atomic E-state index is 12.3. The molecule has 1 atom stereocenters. The first-order chi connectivity index (χ1) is 10.1. The number of rotatable bonds is 3. The van der Waals surface area contributed by atoms with Crippen LogP contribution in [0, 0.1) is 6.92 Å². The lowest BCUT2D eigenvalue weighted by Gasteiger charge is -2.14. The van der Waals surface area contributed by atoms with E-state index in [2.05, 4.69) is 5.32 Å². The maximum Gasteiger partial charge on any atom is 0.251 e. The van der Waals surface area contributed by atoms with E-state index >= 15 is 0 Å². The predicted molar refractivity (Wildman–Crippen MR) is 79.6 cm³/mol. The molecular formula is C17H17NO3. The molecule has 0 aromatic heterocycles. The van der Waals surface area contributed by atoms with Crippen LogP contribution in [0.25, 0.3) is 0 Å². The first-order valence-corrected chi connectivity index (χ1v) is 6.90. The van der Waals surface area contributed by atoms with E-state index in [-0.39, 0.29) is 18.7 Å². The number of hydrogen-bond donors (Lipinski definition) is 1. The van der Waals surface area contributed by atoms with Crippen molar-refractivity contribution < 1.29 is 14.3 Å². The van der Waals surface area contributed by atoms with Crippen LogP contribution in [-0.4, -0.2) is 12.7 Å². The molecule has 1 aliphatic heterocycles. The van der Waals surface area contributed by atoms with Crippen molar-refractivity contribution in [2.45, 2.75) is 19.9 Å². The number of ether oxygens (including phenoxy) is 2. The summed E-state index contributed by atoms with van der Waals surface area (Å²) in [4.78, 5) is 12.3. The maximum atomic E-state index is 12.3. The Balaban J connectivity index is 1.72. The van der Waals surface area contributed by atoms with Gasteiger partial charge < -0.3 is 14.8 Å². The second-order valence-corrected chi connectivity index (χ2v) is 5.17. The fourth-order valence-electron chi connectivity index (χ4n) is 2.26. The van der Waals surface area contributed by atoms with Crippen molar-refractivity contribution in [1.29, 1.82) is 0 Å². The summed E-state index contributed by atoms with van der Waals surface area (Å²) in [7, 11) is 0. The summed E-state index contributed by atoms with van der Waals surface area (Å²) in [5, 5.41) is 2.99. The van der Waals surface area contributed by atoms with Crippen LogP contribution in [0.5, 0.6) is 11.5 Å². The molecule has 21 heavy (non-hydrogen) atoms. The summed E-state index contributed by atoms with van der Waals surface area (Å²) < 4.78 is 10.5. The molecule has 1 aliphatic rings. The monoisotopic (exact) mass is 283 g/mol. The van der Waals surface area contributed by atoms with Crippen LogP contribution >= 0.6 is 0 Å². The first-order valence-electron chi connectivity index (χ1n) is 6.90. The third kappa shape index (κ3) is 2.84. The summed E-state index contributed by atoms with van der Waals surface area (Å²) in [6.07, 6.45) is 0. The molecule has 1 unspecified atom stereocenters. The molecule has 0 saturated heterocycles. The molecule has 0 spiro atoms. The molecule has 0 saturated carbocycles. The number of benzene rings is 2. The summed E-state index contributed by atoms with van der Waals surface area (Å²) in [6.45, 7) is 4.22. The van der Waals surface area contributed by atoms with Gasteiger partial charge in [0.2, 0.25) is 6.79 Å². The van der Waals surface area contributed by atoms with Gasteiger partial charge in [-0.15, -0.1) is 0 Å². The van der Waals surface area contributed by atoms with E-state index in [4.69, 9.17) is 9.47 Å². The first kappa shape index (κ1) is 13.5. The lowest BCUT2D eigenvalue weighted by Crippen LogP contribution is -2.26. The second-order valence-electron chi connectivity index (χ2n) is 5.17. The highest BCUT2D eigenvalue weighted by molar-refractivity contribution is 5.95. The van der Waals surface area contributed by atoms with Crippen molar-refractivity contribution in [2.75, 3.05) is 6.79 Å². The van der Waals surface area contributed by atoms with Gasteiger partial charge in [0.05, 0.1) is 6.04 Å². The minimum Gasteiger partial charge on any atom is -0.454 e. The molecule has 0 aliphatic carbocycles. The molecule has 3 rings (SSSR count). The molecule has 0 bridgehead atoms. The SMILES string of the molecule is Cc1ccc(C(C)NC(=O)c2ccc3c(c2)OCO3)cc1. The Morgan fingerprint density at radius 2 is 1.81 bits per heavy atom. The van der Waals surface area contributed by atoms with Crippen LogP contribution in [0.2, 0.25) is 0 Å². The van der Waals surface area contributed by atoms with Crippen LogP contribution in [0.3, 0.4) is 0 Å². The lowest BCUT2D eigenvalue weighted by atomic mass is 10.1. The molecule has 2 aromatic carbocycles. The summed E-state index contributed by atoms with van der Waals surface area (Å²) in [6, 6.07) is 13.3. The lowest BCUT2D eigenvalue weighted by molar-refractivity contribution is 0.0939. The van der Waals surface area contributed by atoms with Crippen molar-refractivity contribution in [2.24, 2.45) is 0 Å². The molecule has 4 heteroatoms. The highest BCUT2D eigenvalue weighted by Gasteiger charge is 2.17. The fraction of sp³-hybridized carbons (Fsp3) is 0.235. The van der Waals surface area contributed by atoms with E-state index in [1.165, 1.54) is 5.56 Å². The van der Waals surface area contributed by atoms with E-state index in [9.17, 15) is 4.79 Å².